The summed E-state index contributed by atoms with van der Waals surface area (Å²) in [5.74, 6) is 0.478. The van der Waals surface area contributed by atoms with Crippen LogP contribution in [0.5, 0.6) is 0 Å². The zero-order valence-corrected chi connectivity index (χ0v) is 12.0. The van der Waals surface area contributed by atoms with Gasteiger partial charge in [-0.15, -0.1) is 10.2 Å². The Labute approximate surface area is 117 Å². The number of rotatable bonds is 4. The fourth-order valence-corrected chi connectivity index (χ4v) is 1.68. The standard InChI is InChI=1S/C14H18N4O2/c1-14(2,20-4)13(19)16-11-8-6-5-7-10(11)12-17-15-9-18(12)3/h5-9H,1-4H3,(H,16,19). The second-order valence-electron chi connectivity index (χ2n) is 4.98. The molecular weight excluding hydrogens is 256 g/mol. The third kappa shape index (κ3) is 2.70. The van der Waals surface area contributed by atoms with Crippen LogP contribution in [-0.2, 0) is 16.6 Å². The SMILES string of the molecule is COC(C)(C)C(=O)Nc1ccccc1-c1nncn1C. The van der Waals surface area contributed by atoms with E-state index in [0.717, 1.165) is 5.56 Å². The third-order valence-electron chi connectivity index (χ3n) is 3.18. The van der Waals surface area contributed by atoms with Gasteiger partial charge in [-0.05, 0) is 26.0 Å². The Balaban J connectivity index is 2.35. The molecule has 0 aliphatic rings. The van der Waals surface area contributed by atoms with Gasteiger partial charge in [-0.2, -0.15) is 0 Å². The lowest BCUT2D eigenvalue weighted by Gasteiger charge is -2.22. The number of ether oxygens (including phenoxy) is 1. The first kappa shape index (κ1) is 14.2. The van der Waals surface area contributed by atoms with Gasteiger partial charge in [0.2, 0.25) is 0 Å². The highest BCUT2D eigenvalue weighted by Gasteiger charge is 2.27. The van der Waals surface area contributed by atoms with Crippen LogP contribution in [0.15, 0.2) is 30.6 Å². The fraction of sp³-hybridized carbons (Fsp3) is 0.357. The molecule has 0 atom stereocenters. The quantitative estimate of drug-likeness (QED) is 0.923. The minimum absolute atomic E-state index is 0.213. The molecule has 0 unspecified atom stereocenters. The normalized spacial score (nSPS) is 11.4. The molecule has 1 amide bonds. The maximum Gasteiger partial charge on any atom is 0.256 e. The van der Waals surface area contributed by atoms with Crippen molar-refractivity contribution in [2.75, 3.05) is 12.4 Å². The number of aryl methyl sites for hydroxylation is 1. The molecule has 0 fully saturated rings. The summed E-state index contributed by atoms with van der Waals surface area (Å²) in [6.07, 6.45) is 1.62. The van der Waals surface area contributed by atoms with Crippen LogP contribution < -0.4 is 5.32 Å². The summed E-state index contributed by atoms with van der Waals surface area (Å²) in [6.45, 7) is 3.43. The van der Waals surface area contributed by atoms with Crippen molar-refractivity contribution < 1.29 is 9.53 Å². The van der Waals surface area contributed by atoms with Gasteiger partial charge in [0.05, 0.1) is 5.69 Å². The highest BCUT2D eigenvalue weighted by molar-refractivity contribution is 5.99. The molecule has 0 radical (unpaired) electrons. The van der Waals surface area contributed by atoms with Gasteiger partial charge in [0, 0.05) is 19.7 Å². The van der Waals surface area contributed by atoms with Crippen LogP contribution in [0.3, 0.4) is 0 Å². The first-order valence-corrected chi connectivity index (χ1v) is 6.25. The van der Waals surface area contributed by atoms with Crippen molar-refractivity contribution in [2.24, 2.45) is 7.05 Å². The number of carbonyl (C=O) groups is 1. The van der Waals surface area contributed by atoms with Crippen LogP contribution in [0.4, 0.5) is 5.69 Å². The molecule has 0 spiro atoms. The van der Waals surface area contributed by atoms with E-state index in [0.29, 0.717) is 11.5 Å². The molecule has 20 heavy (non-hydrogen) atoms. The van der Waals surface area contributed by atoms with Crippen molar-refractivity contribution in [3.63, 3.8) is 0 Å². The number of methoxy groups -OCH3 is 1. The molecule has 0 saturated heterocycles. The van der Waals surface area contributed by atoms with Gasteiger partial charge in [0.15, 0.2) is 5.82 Å². The van der Waals surface area contributed by atoms with E-state index in [-0.39, 0.29) is 5.91 Å². The third-order valence-corrected chi connectivity index (χ3v) is 3.18. The van der Waals surface area contributed by atoms with E-state index in [4.69, 9.17) is 4.74 Å². The van der Waals surface area contributed by atoms with E-state index in [1.54, 1.807) is 24.7 Å². The molecule has 1 heterocycles. The predicted octanol–water partition coefficient (Wildman–Crippen LogP) is 1.85. The summed E-state index contributed by atoms with van der Waals surface area (Å²) >= 11 is 0. The zero-order chi connectivity index (χ0) is 14.8. The van der Waals surface area contributed by atoms with E-state index in [2.05, 4.69) is 15.5 Å². The number of hydrogen-bond donors (Lipinski definition) is 1. The van der Waals surface area contributed by atoms with Crippen LogP contribution in [0.25, 0.3) is 11.4 Å². The first-order chi connectivity index (χ1) is 9.45. The Kier molecular flexibility index (Phi) is 3.85. The Morgan fingerprint density at radius 1 is 1.35 bits per heavy atom. The summed E-state index contributed by atoms with van der Waals surface area (Å²) in [5.41, 5.74) is 0.596. The zero-order valence-electron chi connectivity index (χ0n) is 12.0. The number of anilines is 1. The molecule has 106 valence electrons. The largest absolute Gasteiger partial charge is 0.369 e. The molecule has 0 aliphatic carbocycles. The molecule has 0 bridgehead atoms. The highest BCUT2D eigenvalue weighted by Crippen LogP contribution is 2.26. The van der Waals surface area contributed by atoms with Gasteiger partial charge < -0.3 is 14.6 Å². The Morgan fingerprint density at radius 2 is 2.05 bits per heavy atom. The van der Waals surface area contributed by atoms with E-state index >= 15 is 0 Å². The van der Waals surface area contributed by atoms with E-state index in [9.17, 15) is 4.79 Å². The minimum Gasteiger partial charge on any atom is -0.369 e. The van der Waals surface area contributed by atoms with Crippen molar-refractivity contribution in [3.8, 4) is 11.4 Å². The molecule has 1 aromatic heterocycles. The lowest BCUT2D eigenvalue weighted by molar-refractivity contribution is -0.133. The average molecular weight is 274 g/mol. The summed E-state index contributed by atoms with van der Waals surface area (Å²) in [6, 6.07) is 7.46. The monoisotopic (exact) mass is 274 g/mol. The average Bonchev–Trinajstić information content (AvgIpc) is 2.85. The maximum atomic E-state index is 12.2. The Hall–Kier alpha value is -2.21. The number of nitrogens with one attached hydrogen (secondary N) is 1. The van der Waals surface area contributed by atoms with Crippen molar-refractivity contribution in [1.82, 2.24) is 14.8 Å². The van der Waals surface area contributed by atoms with E-state index in [1.807, 2.05) is 31.3 Å². The second-order valence-corrected chi connectivity index (χ2v) is 4.98. The number of amides is 1. The Bertz CT molecular complexity index is 619. The number of carbonyl (C=O) groups excluding carboxylic acids is 1. The summed E-state index contributed by atoms with van der Waals surface area (Å²) in [5, 5.41) is 10.8. The first-order valence-electron chi connectivity index (χ1n) is 6.25. The van der Waals surface area contributed by atoms with Crippen LogP contribution in [0.2, 0.25) is 0 Å². The van der Waals surface area contributed by atoms with Gasteiger partial charge in [0.25, 0.3) is 5.91 Å². The fourth-order valence-electron chi connectivity index (χ4n) is 1.68. The number of aromatic nitrogens is 3. The van der Waals surface area contributed by atoms with Gasteiger partial charge >= 0.3 is 0 Å². The summed E-state index contributed by atoms with van der Waals surface area (Å²) < 4.78 is 6.98. The molecule has 0 saturated carbocycles. The van der Waals surface area contributed by atoms with Crippen molar-refractivity contribution in [1.29, 1.82) is 0 Å². The maximum absolute atomic E-state index is 12.2. The lowest BCUT2D eigenvalue weighted by Crippen LogP contribution is -2.38. The predicted molar refractivity (Wildman–Crippen MR) is 76.2 cm³/mol. The number of para-hydroxylation sites is 1. The molecule has 0 aliphatic heterocycles. The van der Waals surface area contributed by atoms with Crippen LogP contribution in [0, 0.1) is 0 Å². The molecule has 1 aromatic carbocycles. The molecule has 1 N–H and O–H groups in total. The van der Waals surface area contributed by atoms with E-state index in [1.165, 1.54) is 7.11 Å². The molecule has 6 heteroatoms. The second kappa shape index (κ2) is 5.42. The number of benzene rings is 1. The van der Waals surface area contributed by atoms with Crippen molar-refractivity contribution in [2.45, 2.75) is 19.4 Å². The molecular formula is C14H18N4O2. The van der Waals surface area contributed by atoms with Gasteiger partial charge in [-0.1, -0.05) is 12.1 Å². The highest BCUT2D eigenvalue weighted by atomic mass is 16.5. The van der Waals surface area contributed by atoms with E-state index < -0.39 is 5.60 Å². The van der Waals surface area contributed by atoms with Crippen molar-refractivity contribution in [3.05, 3.63) is 30.6 Å². The van der Waals surface area contributed by atoms with Gasteiger partial charge in [-0.3, -0.25) is 4.79 Å². The molecule has 2 rings (SSSR count). The minimum atomic E-state index is -0.896. The van der Waals surface area contributed by atoms with Gasteiger partial charge in [-0.25, -0.2) is 0 Å². The topological polar surface area (TPSA) is 69.0 Å². The van der Waals surface area contributed by atoms with Crippen LogP contribution in [0.1, 0.15) is 13.8 Å². The van der Waals surface area contributed by atoms with Gasteiger partial charge in [0.1, 0.15) is 11.9 Å². The Morgan fingerprint density at radius 3 is 2.65 bits per heavy atom. The summed E-state index contributed by atoms with van der Waals surface area (Å²) in [7, 11) is 3.36. The van der Waals surface area contributed by atoms with Crippen LogP contribution in [-0.4, -0.2) is 33.4 Å². The number of nitrogens with zero attached hydrogens (tertiary/aromatic N) is 3. The smallest absolute Gasteiger partial charge is 0.256 e. The lowest BCUT2D eigenvalue weighted by atomic mass is 10.1. The summed E-state index contributed by atoms with van der Waals surface area (Å²) in [4.78, 5) is 12.2. The number of hydrogen-bond acceptors (Lipinski definition) is 4. The molecule has 2 aromatic rings. The molecule has 6 nitrogen and oxygen atoms in total. The van der Waals surface area contributed by atoms with Crippen molar-refractivity contribution >= 4 is 11.6 Å². The van der Waals surface area contributed by atoms with Crippen LogP contribution >= 0.6 is 0 Å².